The van der Waals surface area contributed by atoms with Gasteiger partial charge in [0.05, 0.1) is 17.3 Å². The normalized spacial score (nSPS) is 11.5. The molecule has 0 saturated heterocycles. The van der Waals surface area contributed by atoms with E-state index in [9.17, 15) is 4.79 Å². The molecule has 0 atom stereocenters. The average molecular weight is 445 g/mol. The van der Waals surface area contributed by atoms with Gasteiger partial charge in [0.15, 0.2) is 5.65 Å². The van der Waals surface area contributed by atoms with E-state index in [2.05, 4.69) is 10.1 Å². The first kappa shape index (κ1) is 20.3. The quantitative estimate of drug-likeness (QED) is 0.373. The molecular weight excluding hydrogens is 424 g/mol. The highest BCUT2D eigenvalue weighted by Crippen LogP contribution is 2.27. The molecule has 0 unspecified atom stereocenters. The summed E-state index contributed by atoms with van der Waals surface area (Å²) in [4.78, 5) is 18.4. The summed E-state index contributed by atoms with van der Waals surface area (Å²) in [5.41, 5.74) is 3.33. The first-order chi connectivity index (χ1) is 15.4. The Hall–Kier alpha value is -3.64. The van der Waals surface area contributed by atoms with Crippen molar-refractivity contribution in [1.82, 2.24) is 19.3 Å². The number of ether oxygens (including phenoxy) is 1. The molecule has 7 heteroatoms. The Balaban J connectivity index is 1.79. The first-order valence-electron chi connectivity index (χ1n) is 10.3. The zero-order chi connectivity index (χ0) is 22.4. The van der Waals surface area contributed by atoms with Crippen molar-refractivity contribution in [3.63, 3.8) is 0 Å². The molecule has 0 saturated carbocycles. The molecule has 2 aromatic carbocycles. The average Bonchev–Trinajstić information content (AvgIpc) is 3.13. The van der Waals surface area contributed by atoms with Gasteiger partial charge in [0.2, 0.25) is 5.88 Å². The number of hydrogen-bond acceptors (Lipinski definition) is 4. The van der Waals surface area contributed by atoms with E-state index >= 15 is 0 Å². The molecule has 32 heavy (non-hydrogen) atoms. The Morgan fingerprint density at radius 2 is 1.75 bits per heavy atom. The summed E-state index contributed by atoms with van der Waals surface area (Å²) in [5, 5.41) is 6.83. The first-order valence-corrected chi connectivity index (χ1v) is 10.7. The molecule has 0 aliphatic rings. The molecule has 0 N–H and O–H groups in total. The molecule has 5 rings (SSSR count). The molecule has 0 amide bonds. The number of aromatic nitrogens is 4. The lowest BCUT2D eigenvalue weighted by molar-refractivity contribution is 0.233. The van der Waals surface area contributed by atoms with Crippen molar-refractivity contribution in [3.8, 4) is 22.7 Å². The Kier molecular flexibility index (Phi) is 4.94. The van der Waals surface area contributed by atoms with Crippen molar-refractivity contribution >= 4 is 33.5 Å². The topological polar surface area (TPSA) is 61.9 Å². The highest BCUT2D eigenvalue weighted by molar-refractivity contribution is 6.30. The Bertz CT molecular complexity index is 1520. The summed E-state index contributed by atoms with van der Waals surface area (Å²) >= 11 is 6.09. The van der Waals surface area contributed by atoms with E-state index in [1.165, 1.54) is 0 Å². The van der Waals surface area contributed by atoms with Crippen molar-refractivity contribution in [2.45, 2.75) is 20.0 Å². The van der Waals surface area contributed by atoms with Crippen molar-refractivity contribution in [2.75, 3.05) is 0 Å². The van der Waals surface area contributed by atoms with Crippen LogP contribution in [0.4, 0.5) is 0 Å². The summed E-state index contributed by atoms with van der Waals surface area (Å²) < 4.78 is 9.16. The SMILES string of the molecule is CC(C)Oc1ccc2cc(-c3ccc4nn(C)cc4c3)c(=O)n(-c3ccc(Cl)cc3)c2n1. The Morgan fingerprint density at radius 1 is 0.969 bits per heavy atom. The van der Waals surface area contributed by atoms with E-state index in [4.69, 9.17) is 16.3 Å². The second-order valence-electron chi connectivity index (χ2n) is 7.98. The molecule has 0 fully saturated rings. The minimum Gasteiger partial charge on any atom is -0.475 e. The fourth-order valence-electron chi connectivity index (χ4n) is 3.83. The number of aryl methyl sites for hydroxylation is 1. The molecule has 0 aliphatic carbocycles. The van der Waals surface area contributed by atoms with Crippen LogP contribution in [0.1, 0.15) is 13.8 Å². The van der Waals surface area contributed by atoms with Crippen LogP contribution in [-0.2, 0) is 7.05 Å². The third-order valence-corrected chi connectivity index (χ3v) is 5.45. The lowest BCUT2D eigenvalue weighted by Crippen LogP contribution is -2.21. The molecule has 160 valence electrons. The van der Waals surface area contributed by atoms with Crippen molar-refractivity contribution in [2.24, 2.45) is 7.05 Å². The van der Waals surface area contributed by atoms with Crippen molar-refractivity contribution in [1.29, 1.82) is 0 Å². The van der Waals surface area contributed by atoms with Crippen LogP contribution in [0.25, 0.3) is 38.8 Å². The summed E-state index contributed by atoms with van der Waals surface area (Å²) in [5.74, 6) is 0.471. The van der Waals surface area contributed by atoms with Gasteiger partial charge in [0, 0.05) is 40.7 Å². The maximum absolute atomic E-state index is 13.8. The zero-order valence-corrected chi connectivity index (χ0v) is 18.7. The van der Waals surface area contributed by atoms with Crippen LogP contribution in [-0.4, -0.2) is 25.4 Å². The fourth-order valence-corrected chi connectivity index (χ4v) is 3.95. The lowest BCUT2D eigenvalue weighted by Gasteiger charge is -2.15. The van der Waals surface area contributed by atoms with Gasteiger partial charge in [-0.3, -0.25) is 14.0 Å². The van der Waals surface area contributed by atoms with Crippen molar-refractivity contribution in [3.05, 3.63) is 82.2 Å². The van der Waals surface area contributed by atoms with Crippen LogP contribution in [0, 0.1) is 0 Å². The predicted octanol–water partition coefficient (Wildman–Crippen LogP) is 5.38. The number of fused-ring (bicyclic) bond motifs is 2. The van der Waals surface area contributed by atoms with E-state index in [0.29, 0.717) is 27.8 Å². The van der Waals surface area contributed by atoms with E-state index in [1.807, 2.05) is 75.6 Å². The smallest absolute Gasteiger partial charge is 0.264 e. The second kappa shape index (κ2) is 7.80. The number of rotatable bonds is 4. The maximum Gasteiger partial charge on any atom is 0.264 e. The summed E-state index contributed by atoms with van der Waals surface area (Å²) in [6.07, 6.45) is 1.91. The van der Waals surface area contributed by atoms with Gasteiger partial charge < -0.3 is 4.74 Å². The Labute approximate surface area is 189 Å². The number of nitrogens with zero attached hydrogens (tertiary/aromatic N) is 4. The van der Waals surface area contributed by atoms with Gasteiger partial charge in [0.1, 0.15) is 0 Å². The molecule has 0 spiro atoms. The monoisotopic (exact) mass is 444 g/mol. The number of benzene rings is 2. The van der Waals surface area contributed by atoms with Gasteiger partial charge in [-0.05, 0) is 67.9 Å². The molecule has 0 aliphatic heterocycles. The van der Waals surface area contributed by atoms with E-state index in [0.717, 1.165) is 21.9 Å². The zero-order valence-electron chi connectivity index (χ0n) is 17.9. The summed E-state index contributed by atoms with van der Waals surface area (Å²) in [6.45, 7) is 3.88. The fraction of sp³-hybridized carbons (Fsp3) is 0.160. The number of halogens is 1. The largest absolute Gasteiger partial charge is 0.475 e. The van der Waals surface area contributed by atoms with Crippen LogP contribution < -0.4 is 10.3 Å². The molecule has 3 aromatic heterocycles. The van der Waals surface area contributed by atoms with Crippen LogP contribution >= 0.6 is 11.6 Å². The minimum atomic E-state index is -0.169. The third-order valence-electron chi connectivity index (χ3n) is 5.20. The highest BCUT2D eigenvalue weighted by Gasteiger charge is 2.16. The molecule has 5 aromatic rings. The van der Waals surface area contributed by atoms with Crippen LogP contribution in [0.5, 0.6) is 5.88 Å². The molecule has 6 nitrogen and oxygen atoms in total. The summed E-state index contributed by atoms with van der Waals surface area (Å²) in [6, 6.07) is 18.6. The number of hydrogen-bond donors (Lipinski definition) is 0. The van der Waals surface area contributed by atoms with Gasteiger partial charge in [-0.15, -0.1) is 0 Å². The molecule has 0 bridgehead atoms. The lowest BCUT2D eigenvalue weighted by atomic mass is 10.0. The summed E-state index contributed by atoms with van der Waals surface area (Å²) in [7, 11) is 1.88. The molecular formula is C25H21ClN4O2. The van der Waals surface area contributed by atoms with Gasteiger partial charge >= 0.3 is 0 Å². The van der Waals surface area contributed by atoms with Crippen LogP contribution in [0.15, 0.2) is 71.7 Å². The van der Waals surface area contributed by atoms with Gasteiger partial charge in [-0.2, -0.15) is 10.1 Å². The van der Waals surface area contributed by atoms with Crippen LogP contribution in [0.2, 0.25) is 5.02 Å². The number of pyridine rings is 2. The molecule has 3 heterocycles. The standard InChI is InChI=1S/C25H21ClN4O2/c1-15(2)32-23-11-5-17-13-21(16-4-10-22-18(12-16)14-29(3)28-22)25(31)30(24(17)27-23)20-8-6-19(26)7-9-20/h4-15H,1-3H3. The van der Waals surface area contributed by atoms with E-state index in [-0.39, 0.29) is 11.7 Å². The highest BCUT2D eigenvalue weighted by atomic mass is 35.5. The maximum atomic E-state index is 13.8. The van der Waals surface area contributed by atoms with E-state index in [1.54, 1.807) is 21.4 Å². The predicted molar refractivity (Wildman–Crippen MR) is 128 cm³/mol. The molecule has 0 radical (unpaired) electrons. The minimum absolute atomic E-state index is 0.0267. The third kappa shape index (κ3) is 3.63. The van der Waals surface area contributed by atoms with Gasteiger partial charge in [0.25, 0.3) is 5.56 Å². The van der Waals surface area contributed by atoms with Crippen molar-refractivity contribution < 1.29 is 4.74 Å². The second-order valence-corrected chi connectivity index (χ2v) is 8.42. The van der Waals surface area contributed by atoms with Crippen LogP contribution in [0.3, 0.4) is 0 Å². The van der Waals surface area contributed by atoms with Gasteiger partial charge in [-0.25, -0.2) is 0 Å². The van der Waals surface area contributed by atoms with Gasteiger partial charge in [-0.1, -0.05) is 17.7 Å². The van der Waals surface area contributed by atoms with E-state index < -0.39 is 0 Å². The Morgan fingerprint density at radius 3 is 2.50 bits per heavy atom.